The monoisotopic (exact) mass is 470 g/mol. The first-order chi connectivity index (χ1) is 15.0. The SMILES string of the molecule is CCCS(=O)(=O)Nc1ccc(F)c(C(=O)Cc2cnc3n[nH]c([C@@H]4CC4(F)F)c3c2)c1F. The lowest BCUT2D eigenvalue weighted by molar-refractivity contribution is 0.0984. The molecule has 1 aliphatic carbocycles. The minimum atomic E-state index is -3.86. The Hall–Kier alpha value is -3.02. The van der Waals surface area contributed by atoms with Gasteiger partial charge in [-0.2, -0.15) is 5.10 Å². The Balaban J connectivity index is 1.62. The zero-order valence-corrected chi connectivity index (χ0v) is 17.6. The highest BCUT2D eigenvalue weighted by Crippen LogP contribution is 2.56. The maximum absolute atomic E-state index is 14.8. The van der Waals surface area contributed by atoms with Crippen molar-refractivity contribution in [1.82, 2.24) is 15.2 Å². The van der Waals surface area contributed by atoms with Crippen molar-refractivity contribution in [1.29, 1.82) is 0 Å². The van der Waals surface area contributed by atoms with Crippen LogP contribution in [0.25, 0.3) is 11.0 Å². The number of benzene rings is 1. The van der Waals surface area contributed by atoms with Gasteiger partial charge in [-0.15, -0.1) is 0 Å². The first-order valence-corrected chi connectivity index (χ1v) is 11.4. The fourth-order valence-corrected chi connectivity index (χ4v) is 4.63. The smallest absolute Gasteiger partial charge is 0.257 e. The fraction of sp³-hybridized carbons (Fsp3) is 0.350. The number of fused-ring (bicyclic) bond motifs is 1. The third kappa shape index (κ3) is 4.18. The molecule has 0 aliphatic heterocycles. The molecular weight excluding hydrogens is 452 g/mol. The van der Waals surface area contributed by atoms with E-state index in [1.54, 1.807) is 6.92 Å². The molecule has 0 spiro atoms. The van der Waals surface area contributed by atoms with Crippen LogP contribution in [0.3, 0.4) is 0 Å². The molecule has 0 saturated heterocycles. The van der Waals surface area contributed by atoms with Crippen LogP contribution in [0.1, 0.15) is 47.3 Å². The summed E-state index contributed by atoms with van der Waals surface area (Å²) in [4.78, 5) is 16.7. The van der Waals surface area contributed by atoms with Crippen molar-refractivity contribution in [2.24, 2.45) is 0 Å². The van der Waals surface area contributed by atoms with Crippen LogP contribution in [-0.2, 0) is 16.4 Å². The number of carbonyl (C=O) groups is 1. The van der Waals surface area contributed by atoms with Gasteiger partial charge in [0.2, 0.25) is 10.0 Å². The summed E-state index contributed by atoms with van der Waals surface area (Å²) >= 11 is 0. The topological polar surface area (TPSA) is 105 Å². The van der Waals surface area contributed by atoms with E-state index in [0.717, 1.165) is 12.1 Å². The van der Waals surface area contributed by atoms with E-state index in [2.05, 4.69) is 15.2 Å². The number of aromatic nitrogens is 3. The van der Waals surface area contributed by atoms with E-state index in [0.29, 0.717) is 5.39 Å². The number of H-pyrrole nitrogens is 1. The minimum absolute atomic E-state index is 0.184. The van der Waals surface area contributed by atoms with Crippen LogP contribution >= 0.6 is 0 Å². The normalized spacial score (nSPS) is 17.5. The highest BCUT2D eigenvalue weighted by molar-refractivity contribution is 7.92. The molecular formula is C20H18F4N4O3S. The summed E-state index contributed by atoms with van der Waals surface area (Å²) in [5.41, 5.74) is -0.822. The third-order valence-electron chi connectivity index (χ3n) is 5.14. The van der Waals surface area contributed by atoms with E-state index < -0.39 is 57.0 Å². The van der Waals surface area contributed by atoms with E-state index in [-0.39, 0.29) is 35.5 Å². The van der Waals surface area contributed by atoms with Gasteiger partial charge >= 0.3 is 0 Å². The van der Waals surface area contributed by atoms with Crippen LogP contribution in [0.15, 0.2) is 24.4 Å². The number of halogens is 4. The number of ketones is 1. The summed E-state index contributed by atoms with van der Waals surface area (Å²) in [5, 5.41) is 6.72. The van der Waals surface area contributed by atoms with Crippen LogP contribution in [0, 0.1) is 11.6 Å². The molecule has 1 aromatic carbocycles. The van der Waals surface area contributed by atoms with Crippen LogP contribution in [-0.4, -0.2) is 41.1 Å². The summed E-state index contributed by atoms with van der Waals surface area (Å²) in [6.45, 7) is 1.62. The summed E-state index contributed by atoms with van der Waals surface area (Å²) in [6, 6.07) is 3.12. The van der Waals surface area contributed by atoms with Gasteiger partial charge in [0.25, 0.3) is 5.92 Å². The predicted molar refractivity (Wildman–Crippen MR) is 108 cm³/mol. The summed E-state index contributed by atoms with van der Waals surface area (Å²) in [6.07, 6.45) is 0.736. The van der Waals surface area contributed by atoms with Crippen molar-refractivity contribution in [3.63, 3.8) is 0 Å². The molecule has 2 N–H and O–H groups in total. The van der Waals surface area contributed by atoms with Gasteiger partial charge in [0.1, 0.15) is 5.82 Å². The molecule has 2 heterocycles. The second-order valence-electron chi connectivity index (χ2n) is 7.67. The van der Waals surface area contributed by atoms with Crippen molar-refractivity contribution >= 4 is 32.5 Å². The molecule has 170 valence electrons. The number of alkyl halides is 2. The second-order valence-corrected chi connectivity index (χ2v) is 9.52. The summed E-state index contributed by atoms with van der Waals surface area (Å²) in [7, 11) is -3.86. The second kappa shape index (κ2) is 7.84. The molecule has 0 amide bonds. The number of Topliss-reactive ketones (excluding diaryl/α,β-unsaturated/α-hetero) is 1. The largest absolute Gasteiger partial charge is 0.294 e. The molecule has 0 unspecified atom stereocenters. The number of pyridine rings is 1. The van der Waals surface area contributed by atoms with E-state index in [9.17, 15) is 30.8 Å². The molecule has 3 aromatic rings. The Labute approximate surface area is 180 Å². The molecule has 4 rings (SSSR count). The number of carbonyl (C=O) groups excluding carboxylic acids is 1. The average Bonchev–Trinajstić information content (AvgIpc) is 3.14. The predicted octanol–water partition coefficient (Wildman–Crippen LogP) is 3.94. The molecule has 1 fully saturated rings. The molecule has 7 nitrogen and oxygen atoms in total. The first kappa shape index (κ1) is 22.2. The van der Waals surface area contributed by atoms with E-state index >= 15 is 0 Å². The van der Waals surface area contributed by atoms with Crippen LogP contribution in [0.2, 0.25) is 0 Å². The van der Waals surface area contributed by atoms with Crippen LogP contribution in [0.4, 0.5) is 23.2 Å². The molecule has 0 radical (unpaired) electrons. The van der Waals surface area contributed by atoms with Crippen LogP contribution in [0.5, 0.6) is 0 Å². The summed E-state index contributed by atoms with van der Waals surface area (Å²) < 4.78 is 81.9. The zero-order chi connectivity index (χ0) is 23.3. The Morgan fingerprint density at radius 1 is 1.31 bits per heavy atom. The van der Waals surface area contributed by atoms with Crippen molar-refractivity contribution in [2.45, 2.75) is 38.0 Å². The number of hydrogen-bond donors (Lipinski definition) is 2. The highest BCUT2D eigenvalue weighted by Gasteiger charge is 2.59. The van der Waals surface area contributed by atoms with Crippen LogP contribution < -0.4 is 4.72 Å². The van der Waals surface area contributed by atoms with Gasteiger partial charge in [0, 0.05) is 24.4 Å². The fourth-order valence-electron chi connectivity index (χ4n) is 3.50. The molecule has 12 heteroatoms. The molecule has 0 bridgehead atoms. The highest BCUT2D eigenvalue weighted by atomic mass is 32.2. The standard InChI is InChI=1S/C20H18F4N4O3S/c1-2-5-32(30,31)28-14-4-3-13(21)16(17(14)22)15(29)7-10-6-11-18(12-8-20(12,23)24)26-27-19(11)25-9-10/h3-4,6,9,12,28H,2,5,7-8H2,1H3,(H,25,26,27)/t12-/m0/s1. The number of hydrogen-bond acceptors (Lipinski definition) is 5. The van der Waals surface area contributed by atoms with E-state index in [1.807, 2.05) is 4.72 Å². The number of anilines is 1. The Morgan fingerprint density at radius 3 is 2.69 bits per heavy atom. The van der Waals surface area contributed by atoms with Gasteiger partial charge in [-0.1, -0.05) is 6.92 Å². The molecule has 32 heavy (non-hydrogen) atoms. The number of aromatic amines is 1. The van der Waals surface area contributed by atoms with Crippen molar-refractivity contribution in [3.05, 3.63) is 52.9 Å². The van der Waals surface area contributed by atoms with Crippen molar-refractivity contribution in [3.8, 4) is 0 Å². The molecule has 1 atom stereocenters. The number of nitrogens with zero attached hydrogens (tertiary/aromatic N) is 2. The number of rotatable bonds is 8. The van der Waals surface area contributed by atoms with Gasteiger partial charge in [0.05, 0.1) is 28.6 Å². The van der Waals surface area contributed by atoms with Gasteiger partial charge < -0.3 is 0 Å². The Bertz CT molecular complexity index is 1320. The summed E-state index contributed by atoms with van der Waals surface area (Å²) in [5.74, 6) is -7.58. The third-order valence-corrected chi connectivity index (χ3v) is 6.62. The molecule has 1 aliphatic rings. The van der Waals surface area contributed by atoms with Gasteiger partial charge in [-0.3, -0.25) is 14.6 Å². The zero-order valence-electron chi connectivity index (χ0n) is 16.8. The van der Waals surface area contributed by atoms with Gasteiger partial charge in [0.15, 0.2) is 17.2 Å². The quantitative estimate of drug-likeness (QED) is 0.383. The first-order valence-electron chi connectivity index (χ1n) is 9.75. The van der Waals surface area contributed by atoms with Gasteiger partial charge in [-0.05, 0) is 30.2 Å². The lowest BCUT2D eigenvalue weighted by Crippen LogP contribution is -2.19. The maximum atomic E-state index is 14.8. The van der Waals surface area contributed by atoms with Gasteiger partial charge in [-0.25, -0.2) is 31.0 Å². The van der Waals surface area contributed by atoms with Crippen molar-refractivity contribution < 1.29 is 30.8 Å². The molecule has 2 aromatic heterocycles. The van der Waals surface area contributed by atoms with E-state index in [4.69, 9.17) is 0 Å². The minimum Gasteiger partial charge on any atom is -0.294 e. The average molecular weight is 470 g/mol. The lowest BCUT2D eigenvalue weighted by atomic mass is 10.0. The number of nitrogens with one attached hydrogen (secondary N) is 2. The molecule has 1 saturated carbocycles. The maximum Gasteiger partial charge on any atom is 0.257 e. The lowest BCUT2D eigenvalue weighted by Gasteiger charge is -2.11. The Morgan fingerprint density at radius 2 is 2.03 bits per heavy atom. The van der Waals surface area contributed by atoms with Crippen molar-refractivity contribution in [2.75, 3.05) is 10.5 Å². The Kier molecular flexibility index (Phi) is 5.43. The number of sulfonamides is 1. The van der Waals surface area contributed by atoms with E-state index in [1.165, 1.54) is 12.3 Å².